The fourth-order valence-corrected chi connectivity index (χ4v) is 5.10. The maximum Gasteiger partial charge on any atom is 0.232 e. The summed E-state index contributed by atoms with van der Waals surface area (Å²) in [6.45, 7) is 14.8. The number of phenols is 1. The second kappa shape index (κ2) is 16.1. The van der Waals surface area contributed by atoms with E-state index in [1.54, 1.807) is 11.8 Å². The molecule has 2 rings (SSSR count). The molecule has 7 heteroatoms. The lowest BCUT2D eigenvalue weighted by atomic mass is 9.79. The first-order valence-electron chi connectivity index (χ1n) is 13.6. The van der Waals surface area contributed by atoms with Gasteiger partial charge in [0.2, 0.25) is 11.1 Å². The molecule has 0 aliphatic heterocycles. The van der Waals surface area contributed by atoms with Gasteiger partial charge in [-0.25, -0.2) is 0 Å². The number of hydrogen-bond donors (Lipinski definition) is 2. The van der Waals surface area contributed by atoms with E-state index in [-0.39, 0.29) is 22.2 Å². The second-order valence-electron chi connectivity index (χ2n) is 11.4. The van der Waals surface area contributed by atoms with Crippen molar-refractivity contribution in [3.63, 3.8) is 0 Å². The van der Waals surface area contributed by atoms with E-state index in [1.807, 2.05) is 12.1 Å². The Hall–Kier alpha value is -3.23. The number of rotatable bonds is 11. The minimum atomic E-state index is -0.249. The van der Waals surface area contributed by atoms with Crippen LogP contribution in [0.15, 0.2) is 22.4 Å². The molecule has 0 fully saturated rings. The summed E-state index contributed by atoms with van der Waals surface area (Å²) in [6, 6.07) is 3.94. The SMILES string of the molecule is C#CC#CC#CC#CSc1nc(Nc2cc(C(C)(C)C)c(O)c(C(C)(C)C)c2)nc(SCCCCCCCC)n1.[HH].[HH].[HH].[HH].[HH].[HH].[HH].[HH]. The summed E-state index contributed by atoms with van der Waals surface area (Å²) in [5, 5.41) is 18.5. The lowest BCUT2D eigenvalue weighted by Gasteiger charge is -2.28. The Kier molecular flexibility index (Phi) is 13.3. The van der Waals surface area contributed by atoms with E-state index in [9.17, 15) is 5.11 Å². The number of aromatic hydroxyl groups is 1. The van der Waals surface area contributed by atoms with Crippen molar-refractivity contribution in [3.05, 3.63) is 23.3 Å². The predicted molar refractivity (Wildman–Crippen MR) is 188 cm³/mol. The fraction of sp³-hybridized carbons (Fsp3) is 0.485. The van der Waals surface area contributed by atoms with Crippen molar-refractivity contribution >= 4 is 35.2 Å². The second-order valence-corrected chi connectivity index (χ2v) is 13.2. The molecule has 0 radical (unpaired) electrons. The summed E-state index contributed by atoms with van der Waals surface area (Å²) in [5.74, 6) is 16.8. The van der Waals surface area contributed by atoms with Gasteiger partial charge in [0.15, 0.2) is 5.16 Å². The Balaban J connectivity index is -0.000000420. The van der Waals surface area contributed by atoms with E-state index >= 15 is 0 Å². The molecule has 226 valence electrons. The molecule has 2 aromatic rings. The van der Waals surface area contributed by atoms with Gasteiger partial charge in [-0.15, -0.1) is 6.42 Å². The summed E-state index contributed by atoms with van der Waals surface area (Å²) in [6.07, 6.45) is 12.5. The van der Waals surface area contributed by atoms with Gasteiger partial charge in [-0.3, -0.25) is 0 Å². The number of terminal acetylenes is 1. The zero-order valence-corrected chi connectivity index (χ0v) is 26.4. The number of hydrogen-bond acceptors (Lipinski definition) is 7. The molecule has 2 N–H and O–H groups in total. The zero-order chi connectivity index (χ0) is 29.6. The van der Waals surface area contributed by atoms with Crippen LogP contribution >= 0.6 is 23.5 Å². The van der Waals surface area contributed by atoms with Gasteiger partial charge in [-0.05, 0) is 70.2 Å². The summed E-state index contributed by atoms with van der Waals surface area (Å²) < 4.78 is 0. The van der Waals surface area contributed by atoms with E-state index < -0.39 is 0 Å². The summed E-state index contributed by atoms with van der Waals surface area (Å²) in [5.41, 5.74) is 2.04. The third-order valence-electron chi connectivity index (χ3n) is 5.82. The van der Waals surface area contributed by atoms with Gasteiger partial charge in [0.1, 0.15) is 5.75 Å². The molecule has 0 saturated heterocycles. The average Bonchev–Trinajstić information content (AvgIpc) is 2.87. The molecule has 0 aliphatic carbocycles. The van der Waals surface area contributed by atoms with E-state index in [0.717, 1.165) is 29.0 Å². The van der Waals surface area contributed by atoms with Gasteiger partial charge in [0.25, 0.3) is 0 Å². The molecular formula is C33H56N4OS2. The summed E-state index contributed by atoms with van der Waals surface area (Å²) in [4.78, 5) is 13.9. The lowest BCUT2D eigenvalue weighted by Crippen LogP contribution is -2.18. The summed E-state index contributed by atoms with van der Waals surface area (Å²) in [7, 11) is 0. The minimum Gasteiger partial charge on any atom is -0.507 e. The highest BCUT2D eigenvalue weighted by molar-refractivity contribution is 8.03. The number of phenolic OH excluding ortho intramolecular Hbond substituents is 1. The molecule has 0 unspecified atom stereocenters. The molecule has 1 heterocycles. The average molecular weight is 589 g/mol. The molecule has 40 heavy (non-hydrogen) atoms. The minimum absolute atomic E-state index is 0. The van der Waals surface area contributed by atoms with Crippen LogP contribution in [0.25, 0.3) is 0 Å². The van der Waals surface area contributed by atoms with Gasteiger partial charge in [-0.1, -0.05) is 92.3 Å². The van der Waals surface area contributed by atoms with Crippen LogP contribution in [0.1, 0.15) is 110 Å². The molecule has 0 saturated carbocycles. The van der Waals surface area contributed by atoms with Crippen LogP contribution in [0.3, 0.4) is 0 Å². The highest BCUT2D eigenvalue weighted by Crippen LogP contribution is 2.41. The predicted octanol–water partition coefficient (Wildman–Crippen LogP) is 10.0. The molecule has 0 bridgehead atoms. The quantitative estimate of drug-likeness (QED) is 0.117. The van der Waals surface area contributed by atoms with Crippen LogP contribution in [0, 0.1) is 47.2 Å². The third kappa shape index (κ3) is 11.5. The van der Waals surface area contributed by atoms with E-state index in [4.69, 9.17) is 11.4 Å². The number of nitrogens with one attached hydrogen (secondary N) is 1. The number of unbranched alkanes of at least 4 members (excludes halogenated alkanes) is 5. The Labute approximate surface area is 261 Å². The van der Waals surface area contributed by atoms with Gasteiger partial charge < -0.3 is 10.4 Å². The van der Waals surface area contributed by atoms with Crippen LogP contribution in [-0.2, 0) is 10.8 Å². The van der Waals surface area contributed by atoms with Crippen LogP contribution < -0.4 is 5.32 Å². The third-order valence-corrected chi connectivity index (χ3v) is 7.32. The zero-order valence-electron chi connectivity index (χ0n) is 24.8. The van der Waals surface area contributed by atoms with Crippen LogP contribution in [0.5, 0.6) is 5.75 Å². The Bertz CT molecular complexity index is 1370. The highest BCUT2D eigenvalue weighted by Gasteiger charge is 2.27. The molecule has 0 aliphatic rings. The number of benzene rings is 1. The highest BCUT2D eigenvalue weighted by atomic mass is 32.2. The first-order valence-corrected chi connectivity index (χ1v) is 15.4. The van der Waals surface area contributed by atoms with Crippen molar-refractivity contribution in [2.24, 2.45) is 0 Å². The molecule has 0 amide bonds. The number of anilines is 2. The normalized spacial score (nSPS) is 10.8. The van der Waals surface area contributed by atoms with Gasteiger partial charge in [0.05, 0.1) is 0 Å². The van der Waals surface area contributed by atoms with E-state index in [0.29, 0.717) is 22.0 Å². The topological polar surface area (TPSA) is 70.9 Å². The van der Waals surface area contributed by atoms with Crippen molar-refractivity contribution in [3.8, 4) is 52.9 Å². The maximum atomic E-state index is 11.1. The van der Waals surface area contributed by atoms with Crippen molar-refractivity contribution < 1.29 is 16.5 Å². The van der Waals surface area contributed by atoms with Crippen LogP contribution in [-0.4, -0.2) is 25.8 Å². The number of nitrogens with zero attached hydrogens (tertiary/aromatic N) is 3. The standard InChI is InChI=1S/C33H40N4OS2.8H2/c1-9-11-13-15-17-19-21-39-30-35-29(36-31(37-30)40-22-20-18-16-14-12-10-2)34-25-23-26(32(3,4)5)28(38)27(24-25)33(6,7)8;;;;;;;;/h1,23-24,38H,10,12,14,16,18,20,22H2,2-8H3,(H,34,35,36,37);8*1H. The number of thioether (sulfide) groups is 2. The Morgan fingerprint density at radius 1 is 0.825 bits per heavy atom. The molecule has 1 aromatic heterocycles. The van der Waals surface area contributed by atoms with Crippen LogP contribution in [0.2, 0.25) is 0 Å². The first kappa shape index (κ1) is 33.0. The largest absolute Gasteiger partial charge is 0.507 e. The Morgan fingerprint density at radius 2 is 1.40 bits per heavy atom. The monoisotopic (exact) mass is 588 g/mol. The van der Waals surface area contributed by atoms with E-state index in [1.165, 1.54) is 43.9 Å². The van der Waals surface area contributed by atoms with E-state index in [2.05, 4.69) is 105 Å². The first-order chi connectivity index (χ1) is 19.0. The van der Waals surface area contributed by atoms with Crippen molar-refractivity contribution in [2.45, 2.75) is 108 Å². The van der Waals surface area contributed by atoms with Gasteiger partial charge >= 0.3 is 0 Å². The molecule has 1 aromatic carbocycles. The molecule has 0 spiro atoms. The van der Waals surface area contributed by atoms with Gasteiger partial charge in [0, 0.05) is 45.7 Å². The smallest absolute Gasteiger partial charge is 0.232 e. The lowest BCUT2D eigenvalue weighted by molar-refractivity contribution is 0.423. The fourth-order valence-electron chi connectivity index (χ4n) is 3.76. The molecule has 5 nitrogen and oxygen atoms in total. The van der Waals surface area contributed by atoms with Crippen molar-refractivity contribution in [1.29, 1.82) is 0 Å². The summed E-state index contributed by atoms with van der Waals surface area (Å²) >= 11 is 2.81. The Morgan fingerprint density at radius 3 is 2.02 bits per heavy atom. The number of aromatic nitrogens is 3. The maximum absolute atomic E-state index is 11.1. The van der Waals surface area contributed by atoms with Gasteiger partial charge in [-0.2, -0.15) is 15.0 Å². The van der Waals surface area contributed by atoms with Crippen molar-refractivity contribution in [2.75, 3.05) is 11.1 Å². The molecular weight excluding hydrogens is 533 g/mol. The van der Waals surface area contributed by atoms with Crippen LogP contribution in [0.4, 0.5) is 11.6 Å². The molecule has 0 atom stereocenters. The van der Waals surface area contributed by atoms with Crippen molar-refractivity contribution in [1.82, 2.24) is 15.0 Å².